The molecule has 1 heterocycles. The normalized spacial score (nSPS) is 29.4. The van der Waals surface area contributed by atoms with Crippen LogP contribution in [0.4, 0.5) is 0 Å². The molecule has 0 amide bonds. The molecule has 12 heavy (non-hydrogen) atoms. The quantitative estimate of drug-likeness (QED) is 0.543. The molecule has 0 aliphatic carbocycles. The van der Waals surface area contributed by atoms with Crippen molar-refractivity contribution in [3.63, 3.8) is 0 Å². The van der Waals surface area contributed by atoms with Crippen molar-refractivity contribution in [2.24, 2.45) is 11.8 Å². The average Bonchev–Trinajstić information content (AvgIpc) is 2.46. The Balaban J connectivity index is 2.53. The maximum absolute atomic E-state index is 5.05. The molecule has 1 fully saturated rings. The van der Waals surface area contributed by atoms with Crippen molar-refractivity contribution in [3.8, 4) is 0 Å². The highest BCUT2D eigenvalue weighted by molar-refractivity contribution is 8.10. The Kier molecular flexibility index (Phi) is 3.84. The van der Waals surface area contributed by atoms with Gasteiger partial charge in [-0.05, 0) is 11.8 Å². The number of hydrogen-bond acceptors (Lipinski definition) is 1. The molecule has 1 saturated heterocycles. The largest absolute Gasteiger partial charge is 0.357 e. The molecule has 70 valence electrons. The first-order valence-corrected chi connectivity index (χ1v) is 5.52. The maximum atomic E-state index is 5.05. The first-order valence-electron chi connectivity index (χ1n) is 4.66. The average molecular weight is 203 g/mol. The lowest BCUT2D eigenvalue weighted by Crippen LogP contribution is -2.23. The summed E-state index contributed by atoms with van der Waals surface area (Å²) in [6, 6.07) is 0. The SMILES string of the molecule is CCC1CN(C(=S)S)CC1CC. The summed E-state index contributed by atoms with van der Waals surface area (Å²) in [4.78, 5) is 2.22. The number of rotatable bonds is 2. The highest BCUT2D eigenvalue weighted by Crippen LogP contribution is 2.28. The minimum Gasteiger partial charge on any atom is -0.357 e. The second-order valence-corrected chi connectivity index (χ2v) is 4.64. The molecule has 1 aliphatic heterocycles. The van der Waals surface area contributed by atoms with E-state index in [0.29, 0.717) is 0 Å². The van der Waals surface area contributed by atoms with E-state index in [9.17, 15) is 0 Å². The molecule has 0 bridgehead atoms. The smallest absolute Gasteiger partial charge is 0.133 e. The predicted octanol–water partition coefficient (Wildman–Crippen LogP) is 2.57. The number of nitrogens with zero attached hydrogens (tertiary/aromatic N) is 1. The van der Waals surface area contributed by atoms with Crippen molar-refractivity contribution in [2.75, 3.05) is 13.1 Å². The van der Waals surface area contributed by atoms with Gasteiger partial charge in [-0.3, -0.25) is 0 Å². The van der Waals surface area contributed by atoms with Gasteiger partial charge >= 0.3 is 0 Å². The van der Waals surface area contributed by atoms with E-state index in [0.717, 1.165) is 29.2 Å². The summed E-state index contributed by atoms with van der Waals surface area (Å²) in [5.41, 5.74) is 0. The van der Waals surface area contributed by atoms with E-state index in [1.807, 2.05) is 0 Å². The van der Waals surface area contributed by atoms with Crippen molar-refractivity contribution in [1.82, 2.24) is 4.90 Å². The number of hydrogen-bond donors (Lipinski definition) is 1. The van der Waals surface area contributed by atoms with Crippen LogP contribution in [-0.2, 0) is 0 Å². The summed E-state index contributed by atoms with van der Waals surface area (Å²) in [7, 11) is 0. The van der Waals surface area contributed by atoms with Crippen molar-refractivity contribution in [1.29, 1.82) is 0 Å². The van der Waals surface area contributed by atoms with Gasteiger partial charge in [0.05, 0.1) is 0 Å². The lowest BCUT2D eigenvalue weighted by molar-refractivity contribution is 0.397. The Hall–Kier alpha value is 0.240. The number of likely N-dealkylation sites (tertiary alicyclic amines) is 1. The second kappa shape index (κ2) is 4.47. The van der Waals surface area contributed by atoms with Gasteiger partial charge in [0.1, 0.15) is 4.32 Å². The molecule has 3 heteroatoms. The Morgan fingerprint density at radius 2 is 1.75 bits per heavy atom. The van der Waals surface area contributed by atoms with E-state index in [2.05, 4.69) is 31.4 Å². The molecule has 0 aromatic heterocycles. The first kappa shape index (κ1) is 10.3. The summed E-state index contributed by atoms with van der Waals surface area (Å²) < 4.78 is 0.768. The Bertz CT molecular complexity index is 158. The zero-order valence-corrected chi connectivity index (χ0v) is 9.50. The van der Waals surface area contributed by atoms with Gasteiger partial charge < -0.3 is 4.90 Å². The van der Waals surface area contributed by atoms with Crippen LogP contribution in [-0.4, -0.2) is 22.3 Å². The fourth-order valence-corrected chi connectivity index (χ4v) is 2.33. The van der Waals surface area contributed by atoms with E-state index in [4.69, 9.17) is 12.2 Å². The summed E-state index contributed by atoms with van der Waals surface area (Å²) in [5.74, 6) is 1.67. The van der Waals surface area contributed by atoms with Crippen molar-refractivity contribution >= 4 is 29.2 Å². The lowest BCUT2D eigenvalue weighted by atomic mass is 9.92. The summed E-state index contributed by atoms with van der Waals surface area (Å²) >= 11 is 9.26. The molecule has 0 spiro atoms. The van der Waals surface area contributed by atoms with Crippen molar-refractivity contribution in [3.05, 3.63) is 0 Å². The van der Waals surface area contributed by atoms with Crippen LogP contribution in [0.3, 0.4) is 0 Å². The predicted molar refractivity (Wildman–Crippen MR) is 60.7 cm³/mol. The van der Waals surface area contributed by atoms with E-state index in [1.54, 1.807) is 0 Å². The van der Waals surface area contributed by atoms with Crippen LogP contribution >= 0.6 is 24.8 Å². The fourth-order valence-electron chi connectivity index (χ4n) is 2.02. The van der Waals surface area contributed by atoms with Gasteiger partial charge in [-0.2, -0.15) is 0 Å². The van der Waals surface area contributed by atoms with E-state index in [1.165, 1.54) is 12.8 Å². The monoisotopic (exact) mass is 203 g/mol. The van der Waals surface area contributed by atoms with Crippen LogP contribution in [0.25, 0.3) is 0 Å². The minimum absolute atomic E-state index is 0.768. The maximum Gasteiger partial charge on any atom is 0.133 e. The summed E-state index contributed by atoms with van der Waals surface area (Å²) in [5, 5.41) is 0. The number of thiocarbonyl (C=S) groups is 1. The van der Waals surface area contributed by atoms with Crippen LogP contribution in [0.1, 0.15) is 26.7 Å². The first-order chi connectivity index (χ1) is 5.69. The Morgan fingerprint density at radius 3 is 2.00 bits per heavy atom. The van der Waals surface area contributed by atoms with Crippen molar-refractivity contribution < 1.29 is 0 Å². The number of thiol groups is 1. The van der Waals surface area contributed by atoms with Crippen LogP contribution in [0.2, 0.25) is 0 Å². The van der Waals surface area contributed by atoms with Gasteiger partial charge in [0.2, 0.25) is 0 Å². The Morgan fingerprint density at radius 1 is 1.33 bits per heavy atom. The standard InChI is InChI=1S/C9H17NS2/c1-3-7-5-10(9(11)12)6-8(7)4-2/h7-8H,3-6H2,1-2H3,(H,11,12). The molecule has 0 aromatic carbocycles. The molecule has 1 nitrogen and oxygen atoms in total. The van der Waals surface area contributed by atoms with Crippen LogP contribution in [0.5, 0.6) is 0 Å². The van der Waals surface area contributed by atoms with Crippen LogP contribution in [0.15, 0.2) is 0 Å². The van der Waals surface area contributed by atoms with E-state index >= 15 is 0 Å². The third kappa shape index (κ3) is 2.13. The fraction of sp³-hybridized carbons (Fsp3) is 0.889. The van der Waals surface area contributed by atoms with Crippen molar-refractivity contribution in [2.45, 2.75) is 26.7 Å². The highest BCUT2D eigenvalue weighted by Gasteiger charge is 2.30. The molecule has 0 radical (unpaired) electrons. The highest BCUT2D eigenvalue weighted by atomic mass is 32.1. The summed E-state index contributed by atoms with van der Waals surface area (Å²) in [6.45, 7) is 6.77. The molecule has 0 N–H and O–H groups in total. The van der Waals surface area contributed by atoms with Gasteiger partial charge in [0.15, 0.2) is 0 Å². The van der Waals surface area contributed by atoms with Gasteiger partial charge in [-0.15, -0.1) is 12.6 Å². The van der Waals surface area contributed by atoms with Crippen LogP contribution in [0, 0.1) is 11.8 Å². The van der Waals surface area contributed by atoms with Gasteiger partial charge in [-0.25, -0.2) is 0 Å². The molecule has 2 atom stereocenters. The zero-order valence-electron chi connectivity index (χ0n) is 7.79. The molecule has 0 saturated carbocycles. The lowest BCUT2D eigenvalue weighted by Gasteiger charge is -2.14. The molecule has 1 rings (SSSR count). The third-order valence-electron chi connectivity index (χ3n) is 2.90. The molecule has 1 aliphatic rings. The molecular formula is C9H17NS2. The van der Waals surface area contributed by atoms with E-state index < -0.39 is 0 Å². The zero-order chi connectivity index (χ0) is 9.14. The Labute approximate surface area is 85.9 Å². The van der Waals surface area contributed by atoms with E-state index in [-0.39, 0.29) is 0 Å². The topological polar surface area (TPSA) is 3.24 Å². The molecule has 2 unspecified atom stereocenters. The molecular weight excluding hydrogens is 186 g/mol. The van der Waals surface area contributed by atoms with Gasteiger partial charge in [-0.1, -0.05) is 38.9 Å². The summed E-state index contributed by atoms with van der Waals surface area (Å²) in [6.07, 6.45) is 2.54. The van der Waals surface area contributed by atoms with Gasteiger partial charge in [0, 0.05) is 13.1 Å². The third-order valence-corrected chi connectivity index (χ3v) is 3.44. The minimum atomic E-state index is 0.768. The second-order valence-electron chi connectivity index (χ2n) is 3.52. The van der Waals surface area contributed by atoms with Gasteiger partial charge in [0.25, 0.3) is 0 Å². The molecule has 0 aromatic rings. The van der Waals surface area contributed by atoms with Crippen LogP contribution < -0.4 is 0 Å².